The van der Waals surface area contributed by atoms with Gasteiger partial charge < -0.3 is 0 Å². The molecule has 0 atom stereocenters. The Morgan fingerprint density at radius 3 is 2.85 bits per heavy atom. The fourth-order valence-corrected chi connectivity index (χ4v) is 1.44. The first-order chi connectivity index (χ1) is 6.16. The molecule has 4 heteroatoms. The van der Waals surface area contributed by atoms with Crippen LogP contribution in [0.1, 0.15) is 5.69 Å². The third-order valence-corrected chi connectivity index (χ3v) is 1.99. The van der Waals surface area contributed by atoms with E-state index in [4.69, 9.17) is 11.6 Å². The standard InChI is InChI=1S/C9H6ClFN2/c1-5-7-3-2-6(11)4-8(7)13-9(10)12-5/h2-4H,1H3. The zero-order valence-corrected chi connectivity index (χ0v) is 7.64. The van der Waals surface area contributed by atoms with Crippen molar-refractivity contribution in [1.29, 1.82) is 0 Å². The molecule has 0 unspecified atom stereocenters. The minimum atomic E-state index is -0.318. The van der Waals surface area contributed by atoms with E-state index in [2.05, 4.69) is 9.97 Å². The van der Waals surface area contributed by atoms with Crippen LogP contribution in [0.3, 0.4) is 0 Å². The van der Waals surface area contributed by atoms with Gasteiger partial charge in [0.2, 0.25) is 5.28 Å². The number of hydrogen-bond acceptors (Lipinski definition) is 2. The summed E-state index contributed by atoms with van der Waals surface area (Å²) in [6, 6.07) is 4.37. The third-order valence-electron chi connectivity index (χ3n) is 1.82. The van der Waals surface area contributed by atoms with E-state index < -0.39 is 0 Å². The molecule has 0 bridgehead atoms. The van der Waals surface area contributed by atoms with E-state index >= 15 is 0 Å². The summed E-state index contributed by atoms with van der Waals surface area (Å²) >= 11 is 5.63. The van der Waals surface area contributed by atoms with E-state index in [9.17, 15) is 4.39 Å². The predicted octanol–water partition coefficient (Wildman–Crippen LogP) is 2.73. The molecule has 66 valence electrons. The van der Waals surface area contributed by atoms with E-state index in [1.54, 1.807) is 6.07 Å². The molecule has 0 aliphatic heterocycles. The van der Waals surface area contributed by atoms with Gasteiger partial charge in [0.15, 0.2) is 0 Å². The Morgan fingerprint density at radius 1 is 1.31 bits per heavy atom. The summed E-state index contributed by atoms with van der Waals surface area (Å²) in [6.45, 7) is 1.81. The van der Waals surface area contributed by atoms with Gasteiger partial charge in [-0.15, -0.1) is 0 Å². The van der Waals surface area contributed by atoms with Crippen LogP contribution in [0.4, 0.5) is 4.39 Å². The Morgan fingerprint density at radius 2 is 2.08 bits per heavy atom. The van der Waals surface area contributed by atoms with Gasteiger partial charge in [-0.3, -0.25) is 0 Å². The summed E-state index contributed by atoms with van der Waals surface area (Å²) in [6.07, 6.45) is 0. The average Bonchev–Trinajstić information content (AvgIpc) is 2.02. The van der Waals surface area contributed by atoms with Crippen molar-refractivity contribution in [2.24, 2.45) is 0 Å². The zero-order valence-electron chi connectivity index (χ0n) is 6.88. The highest BCUT2D eigenvalue weighted by Gasteiger charge is 2.03. The lowest BCUT2D eigenvalue weighted by molar-refractivity contribution is 0.629. The molecular weight excluding hydrogens is 191 g/mol. The van der Waals surface area contributed by atoms with Gasteiger partial charge in [-0.1, -0.05) is 0 Å². The van der Waals surface area contributed by atoms with Crippen LogP contribution >= 0.6 is 11.6 Å². The van der Waals surface area contributed by atoms with Crippen LogP contribution in [0.25, 0.3) is 10.9 Å². The van der Waals surface area contributed by atoms with Crippen LogP contribution in [-0.2, 0) is 0 Å². The summed E-state index contributed by atoms with van der Waals surface area (Å²) < 4.78 is 12.8. The summed E-state index contributed by atoms with van der Waals surface area (Å²) in [4.78, 5) is 7.87. The Balaban J connectivity index is 2.86. The molecule has 0 N–H and O–H groups in total. The molecule has 1 aromatic heterocycles. The lowest BCUT2D eigenvalue weighted by Gasteiger charge is -2.00. The third kappa shape index (κ3) is 1.47. The van der Waals surface area contributed by atoms with Gasteiger partial charge in [0.25, 0.3) is 0 Å². The number of aromatic nitrogens is 2. The molecule has 1 heterocycles. The number of nitrogens with zero attached hydrogens (tertiary/aromatic N) is 2. The highest BCUT2D eigenvalue weighted by molar-refractivity contribution is 6.28. The van der Waals surface area contributed by atoms with Gasteiger partial charge in [0.1, 0.15) is 5.82 Å². The molecular formula is C9H6ClFN2. The van der Waals surface area contributed by atoms with Crippen LogP contribution in [0.2, 0.25) is 5.28 Å². The summed E-state index contributed by atoms with van der Waals surface area (Å²) in [5, 5.41) is 0.974. The van der Waals surface area contributed by atoms with Crippen LogP contribution in [0.5, 0.6) is 0 Å². The van der Waals surface area contributed by atoms with Gasteiger partial charge in [-0.2, -0.15) is 0 Å². The second kappa shape index (κ2) is 2.92. The minimum Gasteiger partial charge on any atom is -0.223 e. The monoisotopic (exact) mass is 196 g/mol. The largest absolute Gasteiger partial charge is 0.223 e. The Hall–Kier alpha value is -1.22. The molecule has 0 fully saturated rings. The van der Waals surface area contributed by atoms with Gasteiger partial charge >= 0.3 is 0 Å². The van der Waals surface area contributed by atoms with Crippen molar-refractivity contribution in [2.75, 3.05) is 0 Å². The molecule has 13 heavy (non-hydrogen) atoms. The highest BCUT2D eigenvalue weighted by Crippen LogP contribution is 2.17. The first-order valence-corrected chi connectivity index (χ1v) is 4.14. The number of benzene rings is 1. The maximum atomic E-state index is 12.8. The van der Waals surface area contributed by atoms with E-state index in [1.165, 1.54) is 12.1 Å². The van der Waals surface area contributed by atoms with Crippen molar-refractivity contribution < 1.29 is 4.39 Å². The number of hydrogen-bond donors (Lipinski definition) is 0. The molecule has 0 saturated carbocycles. The predicted molar refractivity (Wildman–Crippen MR) is 49.2 cm³/mol. The maximum Gasteiger partial charge on any atom is 0.223 e. The Kier molecular flexibility index (Phi) is 1.88. The highest BCUT2D eigenvalue weighted by atomic mass is 35.5. The lowest BCUT2D eigenvalue weighted by Crippen LogP contribution is -1.90. The van der Waals surface area contributed by atoms with Gasteiger partial charge in [0, 0.05) is 11.5 Å². The average molecular weight is 197 g/mol. The number of rotatable bonds is 0. The van der Waals surface area contributed by atoms with Crippen molar-refractivity contribution in [3.05, 3.63) is 35.0 Å². The second-order valence-electron chi connectivity index (χ2n) is 2.74. The molecule has 0 aliphatic carbocycles. The maximum absolute atomic E-state index is 12.8. The van der Waals surface area contributed by atoms with Gasteiger partial charge in [-0.05, 0) is 30.7 Å². The topological polar surface area (TPSA) is 25.8 Å². The fourth-order valence-electron chi connectivity index (χ4n) is 1.23. The van der Waals surface area contributed by atoms with Crippen molar-refractivity contribution >= 4 is 22.5 Å². The molecule has 2 nitrogen and oxygen atoms in total. The summed E-state index contributed by atoms with van der Waals surface area (Å²) in [5.41, 5.74) is 1.30. The molecule has 0 radical (unpaired) electrons. The quantitative estimate of drug-likeness (QED) is 0.606. The Labute approximate surface area is 79.4 Å². The molecule has 0 aliphatic rings. The molecule has 2 rings (SSSR count). The smallest absolute Gasteiger partial charge is 0.223 e. The molecule has 2 aromatic rings. The zero-order chi connectivity index (χ0) is 9.42. The van der Waals surface area contributed by atoms with Crippen LogP contribution in [0, 0.1) is 12.7 Å². The minimum absolute atomic E-state index is 0.149. The van der Waals surface area contributed by atoms with Crippen molar-refractivity contribution in [2.45, 2.75) is 6.92 Å². The van der Waals surface area contributed by atoms with Gasteiger partial charge in [-0.25, -0.2) is 14.4 Å². The van der Waals surface area contributed by atoms with E-state index in [0.29, 0.717) is 5.52 Å². The first kappa shape index (κ1) is 8.38. The van der Waals surface area contributed by atoms with Crippen molar-refractivity contribution in [1.82, 2.24) is 9.97 Å². The van der Waals surface area contributed by atoms with Crippen LogP contribution in [-0.4, -0.2) is 9.97 Å². The second-order valence-corrected chi connectivity index (χ2v) is 3.08. The van der Waals surface area contributed by atoms with Gasteiger partial charge in [0.05, 0.1) is 11.2 Å². The van der Waals surface area contributed by atoms with Crippen molar-refractivity contribution in [3.8, 4) is 0 Å². The molecule has 0 saturated heterocycles. The van der Waals surface area contributed by atoms with E-state index in [1.807, 2.05) is 6.92 Å². The number of aryl methyl sites for hydroxylation is 1. The molecule has 1 aromatic carbocycles. The van der Waals surface area contributed by atoms with Crippen LogP contribution in [0.15, 0.2) is 18.2 Å². The van der Waals surface area contributed by atoms with E-state index in [-0.39, 0.29) is 11.1 Å². The fraction of sp³-hybridized carbons (Fsp3) is 0.111. The first-order valence-electron chi connectivity index (χ1n) is 3.76. The summed E-state index contributed by atoms with van der Waals surface area (Å²) in [5.74, 6) is -0.318. The SMILES string of the molecule is Cc1nc(Cl)nc2cc(F)ccc12. The summed E-state index contributed by atoms with van der Waals surface area (Å²) in [7, 11) is 0. The van der Waals surface area contributed by atoms with E-state index in [0.717, 1.165) is 11.1 Å². The Bertz CT molecular complexity index is 465. The number of fused-ring (bicyclic) bond motifs is 1. The molecule has 0 amide bonds. The normalized spacial score (nSPS) is 10.7. The van der Waals surface area contributed by atoms with Crippen LogP contribution < -0.4 is 0 Å². The van der Waals surface area contributed by atoms with Crippen molar-refractivity contribution in [3.63, 3.8) is 0 Å². The molecule has 0 spiro atoms. The lowest BCUT2D eigenvalue weighted by atomic mass is 10.2. The number of halogens is 2.